The van der Waals surface area contributed by atoms with Gasteiger partial charge in [0.05, 0.1) is 5.69 Å². The molecule has 0 aliphatic carbocycles. The van der Waals surface area contributed by atoms with E-state index < -0.39 is 0 Å². The Bertz CT molecular complexity index is 359. The largest absolute Gasteiger partial charge is 0.343 e. The molecule has 6 heteroatoms. The van der Waals surface area contributed by atoms with Gasteiger partial charge in [0.2, 0.25) is 5.91 Å². The normalized spacial score (nSPS) is 10.6. The fourth-order valence-corrected chi connectivity index (χ4v) is 1.84. The van der Waals surface area contributed by atoms with Crippen molar-refractivity contribution in [3.05, 3.63) is 11.9 Å². The van der Waals surface area contributed by atoms with E-state index in [0.717, 1.165) is 38.3 Å². The standard InChI is InChI=1S/C12H23N5O/c1-4-16(5-2)12(18)7-6-8-17-10-11(9-13-3)14-15-17/h10,13H,4-9H2,1-3H3. The molecule has 1 aromatic rings. The average Bonchev–Trinajstić information content (AvgIpc) is 2.79. The van der Waals surface area contributed by atoms with Crippen molar-refractivity contribution in [2.75, 3.05) is 20.1 Å². The van der Waals surface area contributed by atoms with Gasteiger partial charge >= 0.3 is 0 Å². The quantitative estimate of drug-likeness (QED) is 0.738. The van der Waals surface area contributed by atoms with E-state index in [-0.39, 0.29) is 5.91 Å². The molecule has 102 valence electrons. The number of aryl methyl sites for hydroxylation is 1. The summed E-state index contributed by atoms with van der Waals surface area (Å²) in [5.41, 5.74) is 0.924. The summed E-state index contributed by atoms with van der Waals surface area (Å²) in [6.45, 7) is 7.03. The molecular weight excluding hydrogens is 230 g/mol. The van der Waals surface area contributed by atoms with E-state index in [1.807, 2.05) is 32.0 Å². The molecule has 1 amide bonds. The van der Waals surface area contributed by atoms with E-state index >= 15 is 0 Å². The highest BCUT2D eigenvalue weighted by molar-refractivity contribution is 5.75. The van der Waals surface area contributed by atoms with Crippen molar-refractivity contribution in [2.24, 2.45) is 0 Å². The summed E-state index contributed by atoms with van der Waals surface area (Å²) in [7, 11) is 1.88. The molecule has 0 fully saturated rings. The highest BCUT2D eigenvalue weighted by Gasteiger charge is 2.09. The second-order valence-electron chi connectivity index (χ2n) is 4.17. The summed E-state index contributed by atoms with van der Waals surface area (Å²) >= 11 is 0. The van der Waals surface area contributed by atoms with E-state index in [9.17, 15) is 4.79 Å². The summed E-state index contributed by atoms with van der Waals surface area (Å²) in [6, 6.07) is 0. The number of amides is 1. The van der Waals surface area contributed by atoms with Crippen LogP contribution in [-0.2, 0) is 17.9 Å². The summed E-state index contributed by atoms with van der Waals surface area (Å²) in [5, 5.41) is 11.1. The van der Waals surface area contributed by atoms with Gasteiger partial charge in [0.25, 0.3) is 0 Å². The van der Waals surface area contributed by atoms with Crippen molar-refractivity contribution in [2.45, 2.75) is 39.8 Å². The number of hydrogen-bond acceptors (Lipinski definition) is 4. The minimum absolute atomic E-state index is 0.218. The first-order valence-electron chi connectivity index (χ1n) is 6.52. The lowest BCUT2D eigenvalue weighted by Gasteiger charge is -2.18. The van der Waals surface area contributed by atoms with Crippen LogP contribution < -0.4 is 5.32 Å². The van der Waals surface area contributed by atoms with Gasteiger partial charge in [-0.2, -0.15) is 0 Å². The lowest BCUT2D eigenvalue weighted by Crippen LogP contribution is -2.30. The SMILES string of the molecule is CCN(CC)C(=O)CCCn1cc(CNC)nn1. The topological polar surface area (TPSA) is 63.1 Å². The number of rotatable bonds is 8. The predicted molar refractivity (Wildman–Crippen MR) is 69.9 cm³/mol. The fourth-order valence-electron chi connectivity index (χ4n) is 1.84. The van der Waals surface area contributed by atoms with Gasteiger partial charge in [0.15, 0.2) is 0 Å². The van der Waals surface area contributed by atoms with Gasteiger partial charge in [-0.1, -0.05) is 5.21 Å². The molecule has 0 aliphatic rings. The Labute approximate surface area is 108 Å². The number of aromatic nitrogens is 3. The monoisotopic (exact) mass is 253 g/mol. The zero-order valence-corrected chi connectivity index (χ0v) is 11.5. The first kappa shape index (κ1) is 14.6. The van der Waals surface area contributed by atoms with E-state index in [1.54, 1.807) is 4.68 Å². The molecule has 0 unspecified atom stereocenters. The molecule has 1 rings (SSSR count). The molecule has 0 saturated heterocycles. The van der Waals surface area contributed by atoms with E-state index in [1.165, 1.54) is 0 Å². The lowest BCUT2D eigenvalue weighted by molar-refractivity contribution is -0.130. The Morgan fingerprint density at radius 2 is 2.17 bits per heavy atom. The van der Waals surface area contributed by atoms with Crippen LogP contribution in [0.4, 0.5) is 0 Å². The van der Waals surface area contributed by atoms with Gasteiger partial charge in [0.1, 0.15) is 0 Å². The second kappa shape index (κ2) is 7.81. The van der Waals surface area contributed by atoms with E-state index in [0.29, 0.717) is 6.42 Å². The molecule has 0 bridgehead atoms. The fraction of sp³-hybridized carbons (Fsp3) is 0.750. The Morgan fingerprint density at radius 3 is 2.78 bits per heavy atom. The summed E-state index contributed by atoms with van der Waals surface area (Å²) in [4.78, 5) is 13.6. The Morgan fingerprint density at radius 1 is 1.44 bits per heavy atom. The van der Waals surface area contributed by atoms with Crippen LogP contribution in [0.5, 0.6) is 0 Å². The van der Waals surface area contributed by atoms with E-state index in [4.69, 9.17) is 0 Å². The third-order valence-corrected chi connectivity index (χ3v) is 2.84. The zero-order chi connectivity index (χ0) is 13.4. The first-order valence-corrected chi connectivity index (χ1v) is 6.52. The smallest absolute Gasteiger partial charge is 0.222 e. The second-order valence-corrected chi connectivity index (χ2v) is 4.17. The third-order valence-electron chi connectivity index (χ3n) is 2.84. The average molecular weight is 253 g/mol. The van der Waals surface area contributed by atoms with Gasteiger partial charge in [0, 0.05) is 38.8 Å². The van der Waals surface area contributed by atoms with Crippen molar-refractivity contribution < 1.29 is 4.79 Å². The molecule has 1 aromatic heterocycles. The van der Waals surface area contributed by atoms with E-state index in [2.05, 4.69) is 15.6 Å². The van der Waals surface area contributed by atoms with Crippen molar-refractivity contribution in [1.29, 1.82) is 0 Å². The van der Waals surface area contributed by atoms with Gasteiger partial charge in [-0.15, -0.1) is 5.10 Å². The molecule has 0 spiro atoms. The molecule has 6 nitrogen and oxygen atoms in total. The number of nitrogens with zero attached hydrogens (tertiary/aromatic N) is 4. The number of nitrogens with one attached hydrogen (secondary N) is 1. The maximum atomic E-state index is 11.8. The van der Waals surface area contributed by atoms with Gasteiger partial charge in [-0.3, -0.25) is 9.48 Å². The molecule has 0 aliphatic heterocycles. The predicted octanol–water partition coefficient (Wildman–Crippen LogP) is 0.646. The zero-order valence-electron chi connectivity index (χ0n) is 11.5. The van der Waals surface area contributed by atoms with Crippen molar-refractivity contribution >= 4 is 5.91 Å². The number of carbonyl (C=O) groups excluding carboxylic acids is 1. The Hall–Kier alpha value is -1.43. The third kappa shape index (κ3) is 4.44. The minimum Gasteiger partial charge on any atom is -0.343 e. The van der Waals surface area contributed by atoms with Gasteiger partial charge < -0.3 is 10.2 Å². The van der Waals surface area contributed by atoms with Crippen LogP contribution in [0.15, 0.2) is 6.20 Å². The van der Waals surface area contributed by atoms with Crippen molar-refractivity contribution in [3.63, 3.8) is 0 Å². The number of carbonyl (C=O) groups is 1. The van der Waals surface area contributed by atoms with Crippen LogP contribution in [0, 0.1) is 0 Å². The minimum atomic E-state index is 0.218. The highest BCUT2D eigenvalue weighted by Crippen LogP contribution is 2.01. The van der Waals surface area contributed by atoms with Gasteiger partial charge in [-0.05, 0) is 27.3 Å². The molecular formula is C12H23N5O. The van der Waals surface area contributed by atoms with Crippen LogP contribution in [0.2, 0.25) is 0 Å². The van der Waals surface area contributed by atoms with Crippen LogP contribution in [-0.4, -0.2) is 45.9 Å². The summed E-state index contributed by atoms with van der Waals surface area (Å²) < 4.78 is 1.79. The summed E-state index contributed by atoms with van der Waals surface area (Å²) in [6.07, 6.45) is 3.29. The molecule has 1 N–H and O–H groups in total. The van der Waals surface area contributed by atoms with Crippen LogP contribution in [0.25, 0.3) is 0 Å². The van der Waals surface area contributed by atoms with Crippen LogP contribution in [0.1, 0.15) is 32.4 Å². The maximum absolute atomic E-state index is 11.8. The molecule has 0 atom stereocenters. The highest BCUT2D eigenvalue weighted by atomic mass is 16.2. The molecule has 0 radical (unpaired) electrons. The van der Waals surface area contributed by atoms with Gasteiger partial charge in [-0.25, -0.2) is 0 Å². The Kier molecular flexibility index (Phi) is 6.35. The van der Waals surface area contributed by atoms with Crippen molar-refractivity contribution in [1.82, 2.24) is 25.2 Å². The van der Waals surface area contributed by atoms with Crippen LogP contribution >= 0.6 is 0 Å². The number of hydrogen-bond donors (Lipinski definition) is 1. The maximum Gasteiger partial charge on any atom is 0.222 e. The molecule has 0 aromatic carbocycles. The molecule has 1 heterocycles. The van der Waals surface area contributed by atoms with Crippen molar-refractivity contribution in [3.8, 4) is 0 Å². The van der Waals surface area contributed by atoms with Crippen LogP contribution in [0.3, 0.4) is 0 Å². The first-order chi connectivity index (χ1) is 8.71. The molecule has 0 saturated carbocycles. The Balaban J connectivity index is 2.30. The lowest BCUT2D eigenvalue weighted by atomic mass is 10.2. The molecule has 18 heavy (non-hydrogen) atoms. The summed E-state index contributed by atoms with van der Waals surface area (Å²) in [5.74, 6) is 0.218.